The lowest BCUT2D eigenvalue weighted by atomic mass is 9.97. The first-order valence-corrected chi connectivity index (χ1v) is 9.90. The van der Waals surface area contributed by atoms with Gasteiger partial charge in [-0.3, -0.25) is 9.69 Å². The fourth-order valence-electron chi connectivity index (χ4n) is 3.59. The third-order valence-electron chi connectivity index (χ3n) is 5.12. The van der Waals surface area contributed by atoms with Gasteiger partial charge in [-0.05, 0) is 43.5 Å². The van der Waals surface area contributed by atoms with E-state index in [-0.39, 0.29) is 11.7 Å². The first-order valence-electron chi connectivity index (χ1n) is 9.49. The first-order chi connectivity index (χ1) is 14.3. The molecule has 2 amide bonds. The second-order valence-corrected chi connectivity index (χ2v) is 7.74. The summed E-state index contributed by atoms with van der Waals surface area (Å²) >= 11 is 4.96. The van der Waals surface area contributed by atoms with Crippen LogP contribution in [0.1, 0.15) is 19.8 Å². The molecular weight excluding hydrogens is 409 g/mol. The highest BCUT2D eigenvalue weighted by Gasteiger charge is 2.33. The van der Waals surface area contributed by atoms with Crippen LogP contribution in [0.15, 0.2) is 29.3 Å². The molecule has 30 heavy (non-hydrogen) atoms. The van der Waals surface area contributed by atoms with Gasteiger partial charge in [0.15, 0.2) is 0 Å². The number of piperidine rings is 1. The Kier molecular flexibility index (Phi) is 6.52. The van der Waals surface area contributed by atoms with Crippen molar-refractivity contribution >= 4 is 40.6 Å². The quantitative estimate of drug-likeness (QED) is 0.417. The molecule has 0 radical (unpaired) electrons. The van der Waals surface area contributed by atoms with E-state index in [0.717, 1.165) is 0 Å². The molecule has 1 aromatic rings. The molecule has 0 aromatic heterocycles. The second-order valence-electron chi connectivity index (χ2n) is 7.13. The van der Waals surface area contributed by atoms with Crippen LogP contribution in [0.5, 0.6) is 0 Å². The zero-order valence-electron chi connectivity index (χ0n) is 16.5. The van der Waals surface area contributed by atoms with E-state index in [4.69, 9.17) is 28.0 Å². The zero-order valence-corrected chi connectivity index (χ0v) is 17.3. The van der Waals surface area contributed by atoms with E-state index >= 15 is 0 Å². The Labute approximate surface area is 179 Å². The van der Waals surface area contributed by atoms with Gasteiger partial charge >= 0.3 is 6.09 Å². The van der Waals surface area contributed by atoms with Gasteiger partial charge in [0.05, 0.1) is 29.5 Å². The number of nitrogens with zero attached hydrogens (tertiary/aromatic N) is 3. The summed E-state index contributed by atoms with van der Waals surface area (Å²) < 4.78 is 20.1. The maximum Gasteiger partial charge on any atom is 0.414 e. The summed E-state index contributed by atoms with van der Waals surface area (Å²) in [6, 6.07) is 6.46. The number of carbonyl (C=O) groups excluding carboxylic acids is 2. The lowest BCUT2D eigenvalue weighted by Crippen LogP contribution is -2.33. The number of thiocarbonyl (C=S) groups is 1. The minimum Gasteiger partial charge on any atom is -0.442 e. The third kappa shape index (κ3) is 4.68. The first kappa shape index (κ1) is 21.5. The topological polar surface area (TPSA) is 112 Å². The number of nitrogens with two attached hydrogens (primary N) is 1. The highest BCUT2D eigenvalue weighted by Crippen LogP contribution is 2.31. The van der Waals surface area contributed by atoms with Crippen LogP contribution >= 0.6 is 12.2 Å². The van der Waals surface area contributed by atoms with Crippen molar-refractivity contribution in [1.29, 1.82) is 5.26 Å². The molecule has 1 atom stereocenters. The van der Waals surface area contributed by atoms with Crippen LogP contribution in [-0.2, 0) is 9.53 Å². The van der Waals surface area contributed by atoms with E-state index in [0.29, 0.717) is 61.0 Å². The number of halogens is 1. The largest absolute Gasteiger partial charge is 0.442 e. The molecule has 2 saturated heterocycles. The Morgan fingerprint density at radius 3 is 2.70 bits per heavy atom. The highest BCUT2D eigenvalue weighted by atomic mass is 32.1. The van der Waals surface area contributed by atoms with Gasteiger partial charge in [-0.2, -0.15) is 5.26 Å². The Balaban J connectivity index is 1.68. The van der Waals surface area contributed by atoms with Gasteiger partial charge in [0.1, 0.15) is 23.6 Å². The standard InChI is InChI=1S/C20H22FN5O3S/c1-12(30)24-10-15-11-26(20(28)29-15)14-2-3-18(17(21)8-14)25-6-4-13(5-7-25)16(9-22)19(23)27/h2-3,8,15H,4-7,10-11H2,1H3,(H2,23,27)(H,24,30)/t15-/m0/s1. The smallest absolute Gasteiger partial charge is 0.414 e. The lowest BCUT2D eigenvalue weighted by molar-refractivity contribution is -0.114. The fraction of sp³-hybridized carbons (Fsp3) is 0.400. The van der Waals surface area contributed by atoms with Crippen molar-refractivity contribution in [1.82, 2.24) is 5.32 Å². The van der Waals surface area contributed by atoms with Crippen molar-refractivity contribution in [2.24, 2.45) is 5.73 Å². The molecule has 8 nitrogen and oxygen atoms in total. The minimum atomic E-state index is -0.733. The summed E-state index contributed by atoms with van der Waals surface area (Å²) in [5, 5.41) is 12.0. The lowest BCUT2D eigenvalue weighted by Gasteiger charge is -2.31. The number of ether oxygens (including phenoxy) is 1. The average Bonchev–Trinajstić information content (AvgIpc) is 3.08. The molecule has 0 aliphatic carbocycles. The second kappa shape index (κ2) is 9.09. The van der Waals surface area contributed by atoms with Crippen molar-refractivity contribution in [3.63, 3.8) is 0 Å². The number of cyclic esters (lactones) is 1. The van der Waals surface area contributed by atoms with Crippen LogP contribution < -0.4 is 20.9 Å². The molecule has 1 aromatic carbocycles. The Hall–Kier alpha value is -3.19. The molecule has 10 heteroatoms. The molecule has 2 aliphatic heterocycles. The molecule has 3 N–H and O–H groups in total. The van der Waals surface area contributed by atoms with Gasteiger partial charge in [0, 0.05) is 13.1 Å². The van der Waals surface area contributed by atoms with E-state index in [9.17, 15) is 14.0 Å². The Morgan fingerprint density at radius 2 is 2.13 bits per heavy atom. The molecule has 0 bridgehead atoms. The van der Waals surface area contributed by atoms with Crippen molar-refractivity contribution < 1.29 is 18.7 Å². The van der Waals surface area contributed by atoms with Gasteiger partial charge in [-0.15, -0.1) is 0 Å². The van der Waals surface area contributed by atoms with Crippen LogP contribution in [0.4, 0.5) is 20.6 Å². The summed E-state index contributed by atoms with van der Waals surface area (Å²) in [6.07, 6.45) is 0.0167. The molecule has 3 rings (SSSR count). The zero-order chi connectivity index (χ0) is 21.8. The number of primary amides is 1. The number of nitrogens with one attached hydrogen (secondary N) is 1. The normalized spacial score (nSPS) is 18.6. The van der Waals surface area contributed by atoms with E-state index in [2.05, 4.69) is 5.32 Å². The molecule has 2 fully saturated rings. The van der Waals surface area contributed by atoms with Gasteiger partial charge in [-0.25, -0.2) is 9.18 Å². The van der Waals surface area contributed by atoms with Crippen molar-refractivity contribution in [3.05, 3.63) is 35.2 Å². The molecular formula is C20H22FN5O3S. The number of benzene rings is 1. The number of nitriles is 1. The summed E-state index contributed by atoms with van der Waals surface area (Å²) in [5.74, 6) is -1.19. The number of amides is 2. The van der Waals surface area contributed by atoms with Crippen LogP contribution in [0.25, 0.3) is 0 Å². The van der Waals surface area contributed by atoms with Crippen LogP contribution in [0.3, 0.4) is 0 Å². The van der Waals surface area contributed by atoms with Gasteiger partial charge in [0.25, 0.3) is 5.91 Å². The Bertz CT molecular complexity index is 948. The molecule has 2 aliphatic rings. The van der Waals surface area contributed by atoms with Gasteiger partial charge < -0.3 is 20.7 Å². The van der Waals surface area contributed by atoms with E-state index in [1.165, 1.54) is 11.0 Å². The molecule has 0 saturated carbocycles. The van der Waals surface area contributed by atoms with Gasteiger partial charge in [0.2, 0.25) is 0 Å². The highest BCUT2D eigenvalue weighted by molar-refractivity contribution is 7.80. The Morgan fingerprint density at radius 1 is 1.43 bits per heavy atom. The monoisotopic (exact) mass is 431 g/mol. The summed E-state index contributed by atoms with van der Waals surface area (Å²) in [5.41, 5.74) is 6.74. The van der Waals surface area contributed by atoms with Crippen molar-refractivity contribution in [2.45, 2.75) is 25.9 Å². The summed E-state index contributed by atoms with van der Waals surface area (Å²) in [6.45, 7) is 3.36. The maximum atomic E-state index is 14.8. The SMILES string of the molecule is CC(=S)NC[C@H]1CN(c2ccc(N3CCC(=C(C#N)C(N)=O)CC3)c(F)c2)C(=O)O1. The third-order valence-corrected chi connectivity index (χ3v) is 5.26. The molecule has 0 spiro atoms. The number of rotatable bonds is 5. The van der Waals surface area contributed by atoms with E-state index < -0.39 is 17.8 Å². The average molecular weight is 431 g/mol. The van der Waals surface area contributed by atoms with Crippen LogP contribution in [-0.4, -0.2) is 49.3 Å². The maximum absolute atomic E-state index is 14.8. The van der Waals surface area contributed by atoms with Gasteiger partial charge in [-0.1, -0.05) is 12.2 Å². The number of anilines is 2. The molecule has 158 valence electrons. The number of hydrogen-bond donors (Lipinski definition) is 2. The minimum absolute atomic E-state index is 0.00843. The van der Waals surface area contributed by atoms with Crippen LogP contribution in [0, 0.1) is 17.1 Å². The number of carbonyl (C=O) groups is 2. The fourth-order valence-corrected chi connectivity index (χ4v) is 3.68. The van der Waals surface area contributed by atoms with E-state index in [1.54, 1.807) is 19.1 Å². The molecule has 2 heterocycles. The van der Waals surface area contributed by atoms with Crippen molar-refractivity contribution in [2.75, 3.05) is 36.0 Å². The predicted octanol–water partition coefficient (Wildman–Crippen LogP) is 1.99. The van der Waals surface area contributed by atoms with Crippen LogP contribution in [0.2, 0.25) is 0 Å². The number of hydrogen-bond acceptors (Lipinski definition) is 6. The predicted molar refractivity (Wildman–Crippen MR) is 114 cm³/mol. The van der Waals surface area contributed by atoms with E-state index in [1.807, 2.05) is 11.0 Å². The van der Waals surface area contributed by atoms with Crippen molar-refractivity contribution in [3.8, 4) is 6.07 Å². The summed E-state index contributed by atoms with van der Waals surface area (Å²) in [4.78, 5) is 27.3. The molecule has 0 unspecified atom stereocenters. The summed E-state index contributed by atoms with van der Waals surface area (Å²) in [7, 11) is 0.